The van der Waals surface area contributed by atoms with E-state index in [1.807, 2.05) is 0 Å². The second-order valence-corrected chi connectivity index (χ2v) is 5.93. The minimum Gasteiger partial charge on any atom is -0.497 e. The molecule has 8 heteroatoms. The van der Waals surface area contributed by atoms with Gasteiger partial charge in [-0.15, -0.1) is 0 Å². The Kier molecular flexibility index (Phi) is 5.07. The first-order valence-electron chi connectivity index (χ1n) is 8.07. The summed E-state index contributed by atoms with van der Waals surface area (Å²) in [6.45, 7) is 1.56. The molecule has 0 aromatic heterocycles. The fourth-order valence-electron chi connectivity index (χ4n) is 2.81. The quantitative estimate of drug-likeness (QED) is 0.770. The number of nitrogens with one attached hydrogen (secondary N) is 3. The summed E-state index contributed by atoms with van der Waals surface area (Å²) in [6.07, 6.45) is 0. The van der Waals surface area contributed by atoms with E-state index in [4.69, 9.17) is 4.74 Å². The molecule has 0 bridgehead atoms. The van der Waals surface area contributed by atoms with E-state index in [1.165, 1.54) is 13.2 Å². The van der Waals surface area contributed by atoms with E-state index in [1.54, 1.807) is 31.2 Å². The van der Waals surface area contributed by atoms with Gasteiger partial charge in [0, 0.05) is 11.4 Å². The number of benzene rings is 2. The highest BCUT2D eigenvalue weighted by Gasteiger charge is 2.31. The Hall–Kier alpha value is -3.42. The fourth-order valence-corrected chi connectivity index (χ4v) is 2.81. The SMILES string of the molecule is COc1ccc(NC(=O)C2=C(C)NC(=O)NC2c2ccc(F)c(F)c2)cc1. The summed E-state index contributed by atoms with van der Waals surface area (Å²) >= 11 is 0. The van der Waals surface area contributed by atoms with Crippen LogP contribution in [0.1, 0.15) is 18.5 Å². The Morgan fingerprint density at radius 2 is 1.81 bits per heavy atom. The van der Waals surface area contributed by atoms with E-state index in [2.05, 4.69) is 16.0 Å². The highest BCUT2D eigenvalue weighted by molar-refractivity contribution is 6.06. The predicted octanol–water partition coefficient (Wildman–Crippen LogP) is 3.24. The highest BCUT2D eigenvalue weighted by atomic mass is 19.2. The molecule has 3 rings (SSSR count). The van der Waals surface area contributed by atoms with Crippen LogP contribution >= 0.6 is 0 Å². The molecule has 1 heterocycles. The smallest absolute Gasteiger partial charge is 0.319 e. The molecule has 0 fully saturated rings. The largest absolute Gasteiger partial charge is 0.497 e. The number of urea groups is 1. The Labute approximate surface area is 154 Å². The first-order chi connectivity index (χ1) is 12.9. The van der Waals surface area contributed by atoms with Gasteiger partial charge in [-0.1, -0.05) is 6.07 Å². The molecule has 140 valence electrons. The van der Waals surface area contributed by atoms with Gasteiger partial charge in [-0.25, -0.2) is 13.6 Å². The van der Waals surface area contributed by atoms with E-state index < -0.39 is 29.6 Å². The van der Waals surface area contributed by atoms with Crippen LogP contribution in [0, 0.1) is 11.6 Å². The molecule has 27 heavy (non-hydrogen) atoms. The van der Waals surface area contributed by atoms with Gasteiger partial charge in [0.1, 0.15) is 5.75 Å². The van der Waals surface area contributed by atoms with Crippen LogP contribution in [0.25, 0.3) is 0 Å². The van der Waals surface area contributed by atoms with Crippen molar-refractivity contribution in [2.24, 2.45) is 0 Å². The zero-order valence-corrected chi connectivity index (χ0v) is 14.6. The number of carbonyl (C=O) groups is 2. The first-order valence-corrected chi connectivity index (χ1v) is 8.07. The van der Waals surface area contributed by atoms with Gasteiger partial charge in [0.15, 0.2) is 11.6 Å². The number of halogens is 2. The van der Waals surface area contributed by atoms with Crippen molar-refractivity contribution in [2.45, 2.75) is 13.0 Å². The van der Waals surface area contributed by atoms with Gasteiger partial charge in [0.05, 0.1) is 18.7 Å². The van der Waals surface area contributed by atoms with Crippen LogP contribution in [0.4, 0.5) is 19.3 Å². The molecule has 0 spiro atoms. The van der Waals surface area contributed by atoms with Gasteiger partial charge in [-0.2, -0.15) is 0 Å². The standard InChI is InChI=1S/C19H17F2N3O3/c1-10-16(18(25)23-12-4-6-13(27-2)7-5-12)17(24-19(26)22-10)11-3-8-14(20)15(21)9-11/h3-9,17H,1-2H3,(H,23,25)(H2,22,24,26). The van der Waals surface area contributed by atoms with E-state index >= 15 is 0 Å². The number of ether oxygens (including phenoxy) is 1. The molecule has 0 aliphatic carbocycles. The van der Waals surface area contributed by atoms with Gasteiger partial charge < -0.3 is 20.7 Å². The van der Waals surface area contributed by atoms with Crippen molar-refractivity contribution in [2.75, 3.05) is 12.4 Å². The highest BCUT2D eigenvalue weighted by Crippen LogP contribution is 2.29. The second kappa shape index (κ2) is 7.45. The summed E-state index contributed by atoms with van der Waals surface area (Å²) < 4.78 is 32.0. The first kappa shape index (κ1) is 18.4. The number of carbonyl (C=O) groups excluding carboxylic acids is 2. The maximum Gasteiger partial charge on any atom is 0.319 e. The molecule has 3 amide bonds. The van der Waals surface area contributed by atoms with Crippen LogP contribution in [0.3, 0.4) is 0 Å². The van der Waals surface area contributed by atoms with Gasteiger partial charge in [-0.05, 0) is 48.9 Å². The van der Waals surface area contributed by atoms with Crippen LogP contribution in [0.15, 0.2) is 53.7 Å². The summed E-state index contributed by atoms with van der Waals surface area (Å²) in [5, 5.41) is 7.81. The summed E-state index contributed by atoms with van der Waals surface area (Å²) in [7, 11) is 1.53. The molecule has 2 aromatic rings. The lowest BCUT2D eigenvalue weighted by Gasteiger charge is -2.28. The average Bonchev–Trinajstić information content (AvgIpc) is 2.63. The van der Waals surface area contributed by atoms with Crippen molar-refractivity contribution >= 4 is 17.6 Å². The zero-order chi connectivity index (χ0) is 19.6. The molecule has 2 aromatic carbocycles. The van der Waals surface area contributed by atoms with Crippen molar-refractivity contribution in [3.05, 3.63) is 70.9 Å². The van der Waals surface area contributed by atoms with Gasteiger partial charge in [0.25, 0.3) is 5.91 Å². The van der Waals surface area contributed by atoms with Crippen molar-refractivity contribution in [3.63, 3.8) is 0 Å². The maximum atomic E-state index is 13.6. The minimum absolute atomic E-state index is 0.191. The van der Waals surface area contributed by atoms with Gasteiger partial charge in [-0.3, -0.25) is 4.79 Å². The number of rotatable bonds is 4. The lowest BCUT2D eigenvalue weighted by atomic mass is 9.94. The number of allylic oxidation sites excluding steroid dienone is 1. The van der Waals surface area contributed by atoms with Crippen molar-refractivity contribution in [1.29, 1.82) is 0 Å². The topological polar surface area (TPSA) is 79.5 Å². The van der Waals surface area contributed by atoms with Crippen molar-refractivity contribution < 1.29 is 23.1 Å². The van der Waals surface area contributed by atoms with Gasteiger partial charge in [0.2, 0.25) is 0 Å². The van der Waals surface area contributed by atoms with Crippen molar-refractivity contribution in [3.8, 4) is 5.75 Å². The molecular weight excluding hydrogens is 356 g/mol. The Morgan fingerprint density at radius 1 is 1.11 bits per heavy atom. The van der Waals surface area contributed by atoms with E-state index in [9.17, 15) is 18.4 Å². The maximum absolute atomic E-state index is 13.6. The van der Waals surface area contributed by atoms with Crippen LogP contribution in [0.2, 0.25) is 0 Å². The zero-order valence-electron chi connectivity index (χ0n) is 14.6. The molecular formula is C19H17F2N3O3. The molecule has 1 aliphatic heterocycles. The molecule has 6 nitrogen and oxygen atoms in total. The second-order valence-electron chi connectivity index (χ2n) is 5.93. The lowest BCUT2D eigenvalue weighted by Crippen LogP contribution is -2.46. The number of methoxy groups -OCH3 is 1. The van der Waals surface area contributed by atoms with Crippen LogP contribution in [-0.4, -0.2) is 19.0 Å². The summed E-state index contributed by atoms with van der Waals surface area (Å²) in [5.74, 6) is -1.92. The van der Waals surface area contributed by atoms with Gasteiger partial charge >= 0.3 is 6.03 Å². The predicted molar refractivity (Wildman–Crippen MR) is 95.1 cm³/mol. The summed E-state index contributed by atoms with van der Waals surface area (Å²) in [4.78, 5) is 24.7. The molecule has 0 saturated heterocycles. The fraction of sp³-hybridized carbons (Fsp3) is 0.158. The third-order valence-electron chi connectivity index (χ3n) is 4.14. The van der Waals surface area contributed by atoms with E-state index in [0.717, 1.165) is 12.1 Å². The minimum atomic E-state index is -1.06. The van der Waals surface area contributed by atoms with Crippen LogP contribution in [0.5, 0.6) is 5.75 Å². The molecule has 1 aliphatic rings. The van der Waals surface area contributed by atoms with Crippen molar-refractivity contribution in [1.82, 2.24) is 10.6 Å². The summed E-state index contributed by atoms with van der Waals surface area (Å²) in [5.41, 5.74) is 1.28. The third-order valence-corrected chi connectivity index (χ3v) is 4.14. The number of anilines is 1. The average molecular weight is 373 g/mol. The Morgan fingerprint density at radius 3 is 2.44 bits per heavy atom. The molecule has 3 N–H and O–H groups in total. The van der Waals surface area contributed by atoms with E-state index in [-0.39, 0.29) is 11.1 Å². The number of amides is 3. The molecule has 0 saturated carbocycles. The number of hydrogen-bond donors (Lipinski definition) is 3. The molecule has 1 unspecified atom stereocenters. The Balaban J connectivity index is 1.92. The Bertz CT molecular complexity index is 926. The normalized spacial score (nSPS) is 16.4. The van der Waals surface area contributed by atoms with E-state index in [0.29, 0.717) is 17.1 Å². The third kappa shape index (κ3) is 3.89. The monoisotopic (exact) mass is 373 g/mol. The van der Waals surface area contributed by atoms with Crippen LogP contribution < -0.4 is 20.7 Å². The lowest BCUT2D eigenvalue weighted by molar-refractivity contribution is -0.113. The summed E-state index contributed by atoms with van der Waals surface area (Å²) in [6, 6.07) is 8.46. The van der Waals surface area contributed by atoms with Crippen LogP contribution in [-0.2, 0) is 4.79 Å². The molecule has 0 radical (unpaired) electrons. The molecule has 1 atom stereocenters. The number of hydrogen-bond acceptors (Lipinski definition) is 3.